The highest BCUT2D eigenvalue weighted by Crippen LogP contribution is 2.32. The minimum Gasteiger partial charge on any atom is -0.383 e. The number of rotatable bonds is 2. The van der Waals surface area contributed by atoms with Gasteiger partial charge in [0.2, 0.25) is 0 Å². The van der Waals surface area contributed by atoms with E-state index in [2.05, 4.69) is 27.7 Å². The van der Waals surface area contributed by atoms with E-state index < -0.39 is 11.7 Å². The normalized spacial score (nSPS) is 13.5. The number of benzene rings is 1. The van der Waals surface area contributed by atoms with E-state index in [1.807, 2.05) is 6.92 Å². The summed E-state index contributed by atoms with van der Waals surface area (Å²) in [6, 6.07) is 4.86. The third-order valence-electron chi connectivity index (χ3n) is 3.11. The molecule has 0 aliphatic rings. The Balaban J connectivity index is 2.43. The van der Waals surface area contributed by atoms with Crippen LogP contribution in [0.2, 0.25) is 0 Å². The quantitative estimate of drug-likeness (QED) is 0.782. The molecule has 108 valence electrons. The maximum absolute atomic E-state index is 12.7. The highest BCUT2D eigenvalue weighted by Gasteiger charge is 2.31. The Morgan fingerprint density at radius 3 is 2.50 bits per heavy atom. The molecule has 1 atom stereocenters. The Bertz CT molecular complexity index is 634. The van der Waals surface area contributed by atoms with Gasteiger partial charge in [0, 0.05) is 0 Å². The van der Waals surface area contributed by atoms with Crippen molar-refractivity contribution < 1.29 is 13.2 Å². The van der Waals surface area contributed by atoms with E-state index in [9.17, 15) is 13.2 Å². The van der Waals surface area contributed by atoms with E-state index in [0.29, 0.717) is 11.4 Å². The molecule has 0 saturated carbocycles. The van der Waals surface area contributed by atoms with E-state index in [0.717, 1.165) is 21.4 Å². The molecule has 0 amide bonds. The van der Waals surface area contributed by atoms with Crippen molar-refractivity contribution in [1.82, 2.24) is 9.78 Å². The van der Waals surface area contributed by atoms with Crippen LogP contribution in [-0.4, -0.2) is 9.78 Å². The van der Waals surface area contributed by atoms with Crippen LogP contribution in [0.5, 0.6) is 0 Å². The van der Waals surface area contributed by atoms with Crippen molar-refractivity contribution in [1.29, 1.82) is 0 Å². The highest BCUT2D eigenvalue weighted by molar-refractivity contribution is 14.1. The first kappa shape index (κ1) is 15.1. The van der Waals surface area contributed by atoms with Gasteiger partial charge < -0.3 is 5.73 Å². The van der Waals surface area contributed by atoms with Crippen LogP contribution >= 0.6 is 22.6 Å². The van der Waals surface area contributed by atoms with Crippen LogP contribution < -0.4 is 5.73 Å². The van der Waals surface area contributed by atoms with Gasteiger partial charge >= 0.3 is 6.18 Å². The predicted molar refractivity (Wildman–Crippen MR) is 79.4 cm³/mol. The minimum absolute atomic E-state index is 0.362. The van der Waals surface area contributed by atoms with E-state index in [1.54, 1.807) is 17.7 Å². The minimum atomic E-state index is -4.35. The molecule has 0 bridgehead atoms. The SMILES string of the molecule is Cc1nn(C(C)c2cccc(C(F)(F)F)c2)c(N)c1I. The first-order valence-corrected chi connectivity index (χ1v) is 6.97. The maximum Gasteiger partial charge on any atom is 0.416 e. The molecule has 2 N–H and O–H groups in total. The van der Waals surface area contributed by atoms with Crippen molar-refractivity contribution in [2.45, 2.75) is 26.1 Å². The second-order valence-electron chi connectivity index (χ2n) is 4.53. The lowest BCUT2D eigenvalue weighted by Crippen LogP contribution is -2.13. The molecule has 0 aliphatic heterocycles. The van der Waals surface area contributed by atoms with Gasteiger partial charge in [-0.05, 0) is 54.1 Å². The van der Waals surface area contributed by atoms with E-state index >= 15 is 0 Å². The average Bonchev–Trinajstić information content (AvgIpc) is 2.65. The number of aromatic nitrogens is 2. The molecule has 3 nitrogen and oxygen atoms in total. The third-order valence-corrected chi connectivity index (χ3v) is 4.44. The zero-order valence-corrected chi connectivity index (χ0v) is 13.0. The largest absolute Gasteiger partial charge is 0.416 e. The zero-order valence-electron chi connectivity index (χ0n) is 10.9. The van der Waals surface area contributed by atoms with Crippen LogP contribution in [0.4, 0.5) is 19.0 Å². The van der Waals surface area contributed by atoms with E-state index in [-0.39, 0.29) is 6.04 Å². The number of halogens is 4. The zero-order chi connectivity index (χ0) is 15.1. The first-order valence-electron chi connectivity index (χ1n) is 5.89. The van der Waals surface area contributed by atoms with Gasteiger partial charge in [-0.3, -0.25) is 0 Å². The Hall–Kier alpha value is -1.25. The number of aryl methyl sites for hydroxylation is 1. The molecule has 1 aromatic carbocycles. The number of hydrogen-bond acceptors (Lipinski definition) is 2. The van der Waals surface area contributed by atoms with Crippen LogP contribution in [-0.2, 0) is 6.18 Å². The number of anilines is 1. The van der Waals surface area contributed by atoms with Gasteiger partial charge in [-0.25, -0.2) is 4.68 Å². The fourth-order valence-corrected chi connectivity index (χ4v) is 2.31. The average molecular weight is 395 g/mol. The summed E-state index contributed by atoms with van der Waals surface area (Å²) in [6.07, 6.45) is -4.35. The molecule has 2 aromatic rings. The van der Waals surface area contributed by atoms with Gasteiger partial charge in [-0.2, -0.15) is 18.3 Å². The van der Waals surface area contributed by atoms with Crippen LogP contribution in [0.25, 0.3) is 0 Å². The summed E-state index contributed by atoms with van der Waals surface area (Å²) in [4.78, 5) is 0. The summed E-state index contributed by atoms with van der Waals surface area (Å²) in [6.45, 7) is 3.59. The monoisotopic (exact) mass is 395 g/mol. The molecule has 1 aromatic heterocycles. The molecule has 0 radical (unpaired) electrons. The van der Waals surface area contributed by atoms with E-state index in [4.69, 9.17) is 5.73 Å². The number of alkyl halides is 3. The summed E-state index contributed by atoms with van der Waals surface area (Å²) < 4.78 is 40.6. The first-order chi connectivity index (χ1) is 9.21. The molecular formula is C13H13F3IN3. The van der Waals surface area contributed by atoms with Crippen LogP contribution in [0.15, 0.2) is 24.3 Å². The van der Waals surface area contributed by atoms with Crippen molar-refractivity contribution in [3.63, 3.8) is 0 Å². The van der Waals surface area contributed by atoms with Crippen LogP contribution in [0.3, 0.4) is 0 Å². The lowest BCUT2D eigenvalue weighted by Gasteiger charge is -2.16. The van der Waals surface area contributed by atoms with Gasteiger partial charge in [0.05, 0.1) is 20.9 Å². The highest BCUT2D eigenvalue weighted by atomic mass is 127. The Labute approximate surface area is 128 Å². The summed E-state index contributed by atoms with van der Waals surface area (Å²) >= 11 is 2.07. The Kier molecular flexibility index (Phi) is 3.99. The molecule has 1 heterocycles. The van der Waals surface area contributed by atoms with Crippen LogP contribution in [0, 0.1) is 10.5 Å². The smallest absolute Gasteiger partial charge is 0.383 e. The van der Waals surface area contributed by atoms with Crippen molar-refractivity contribution >= 4 is 28.4 Å². The maximum atomic E-state index is 12.7. The fourth-order valence-electron chi connectivity index (χ4n) is 1.96. The lowest BCUT2D eigenvalue weighted by atomic mass is 10.1. The second kappa shape index (κ2) is 5.27. The standard InChI is InChI=1S/C13H13F3IN3/c1-7-11(17)12(18)20(19-7)8(2)9-4-3-5-10(6-9)13(14,15)16/h3-6,8H,18H2,1-2H3. The third kappa shape index (κ3) is 2.77. The topological polar surface area (TPSA) is 43.8 Å². The number of nitrogen functional groups attached to an aromatic ring is 1. The molecule has 0 saturated heterocycles. The predicted octanol–water partition coefficient (Wildman–Crippen LogP) is 4.01. The number of nitrogens with zero attached hydrogens (tertiary/aromatic N) is 2. The summed E-state index contributed by atoms with van der Waals surface area (Å²) in [7, 11) is 0. The molecule has 0 spiro atoms. The lowest BCUT2D eigenvalue weighted by molar-refractivity contribution is -0.137. The molecule has 2 rings (SSSR count). The molecule has 1 unspecified atom stereocenters. The second-order valence-corrected chi connectivity index (χ2v) is 5.61. The number of hydrogen-bond donors (Lipinski definition) is 1. The van der Waals surface area contributed by atoms with Crippen molar-refractivity contribution in [3.8, 4) is 0 Å². The molecule has 20 heavy (non-hydrogen) atoms. The fraction of sp³-hybridized carbons (Fsp3) is 0.308. The van der Waals surface area contributed by atoms with Gasteiger partial charge in [0.1, 0.15) is 5.82 Å². The van der Waals surface area contributed by atoms with Gasteiger partial charge in [-0.15, -0.1) is 0 Å². The van der Waals surface area contributed by atoms with Gasteiger partial charge in [0.25, 0.3) is 0 Å². The van der Waals surface area contributed by atoms with Crippen molar-refractivity contribution in [2.24, 2.45) is 0 Å². The van der Waals surface area contributed by atoms with Crippen molar-refractivity contribution in [2.75, 3.05) is 5.73 Å². The molecular weight excluding hydrogens is 382 g/mol. The molecule has 0 aliphatic carbocycles. The van der Waals surface area contributed by atoms with E-state index in [1.165, 1.54) is 6.07 Å². The molecule has 7 heteroatoms. The van der Waals surface area contributed by atoms with Crippen molar-refractivity contribution in [3.05, 3.63) is 44.7 Å². The summed E-state index contributed by atoms with van der Waals surface area (Å²) in [5, 5.41) is 4.28. The molecule has 0 fully saturated rings. The Morgan fingerprint density at radius 1 is 1.35 bits per heavy atom. The van der Waals surface area contributed by atoms with Gasteiger partial charge in [0.15, 0.2) is 0 Å². The Morgan fingerprint density at radius 2 is 2.00 bits per heavy atom. The summed E-state index contributed by atoms with van der Waals surface area (Å²) in [5.41, 5.74) is 6.55. The van der Waals surface area contributed by atoms with Gasteiger partial charge in [-0.1, -0.05) is 12.1 Å². The number of nitrogens with two attached hydrogens (primary N) is 1. The van der Waals surface area contributed by atoms with Crippen LogP contribution in [0.1, 0.15) is 29.8 Å². The summed E-state index contributed by atoms with van der Waals surface area (Å²) in [5.74, 6) is 0.466.